The van der Waals surface area contributed by atoms with Crippen molar-refractivity contribution in [3.8, 4) is 0 Å². The van der Waals surface area contributed by atoms with Crippen LogP contribution in [-0.2, 0) is 22.6 Å². The Hall–Kier alpha value is -2.24. The fourth-order valence-electron chi connectivity index (χ4n) is 2.90. The van der Waals surface area contributed by atoms with Crippen LogP contribution in [-0.4, -0.2) is 53.5 Å². The predicted molar refractivity (Wildman–Crippen MR) is 92.2 cm³/mol. The largest absolute Gasteiger partial charge is 0.366 e. The molecular weight excluding hydrogens is 302 g/mol. The van der Waals surface area contributed by atoms with Gasteiger partial charge in [-0.3, -0.25) is 14.7 Å². The second-order valence-corrected chi connectivity index (χ2v) is 6.10. The average Bonchev–Trinajstić information content (AvgIpc) is 2.63. The van der Waals surface area contributed by atoms with E-state index < -0.39 is 6.10 Å². The molecule has 0 radical (unpaired) electrons. The minimum Gasteiger partial charge on any atom is -0.366 e. The average molecular weight is 325 g/mol. The summed E-state index contributed by atoms with van der Waals surface area (Å²) in [7, 11) is 1.80. The summed E-state index contributed by atoms with van der Waals surface area (Å²) < 4.78 is 5.71. The van der Waals surface area contributed by atoms with Gasteiger partial charge in [0.1, 0.15) is 6.10 Å². The Labute approximate surface area is 142 Å². The van der Waals surface area contributed by atoms with E-state index in [2.05, 4.69) is 22.0 Å². The van der Waals surface area contributed by atoms with E-state index in [1.807, 2.05) is 36.4 Å². The molecule has 5 nitrogen and oxygen atoms in total. The second-order valence-electron chi connectivity index (χ2n) is 6.10. The number of carbonyl (C=O) groups excluding carboxylic acids is 1. The summed E-state index contributed by atoms with van der Waals surface area (Å²) in [6, 6.07) is 16.0. The van der Waals surface area contributed by atoms with Crippen LogP contribution in [0.5, 0.6) is 0 Å². The van der Waals surface area contributed by atoms with Crippen molar-refractivity contribution in [2.45, 2.75) is 19.2 Å². The summed E-state index contributed by atoms with van der Waals surface area (Å²) in [6.07, 6.45) is 1.34. The number of pyridine rings is 1. The maximum Gasteiger partial charge on any atom is 0.253 e. The molecule has 1 aromatic heterocycles. The number of amides is 1. The molecule has 1 amide bonds. The third kappa shape index (κ3) is 4.40. The molecule has 0 bridgehead atoms. The van der Waals surface area contributed by atoms with Gasteiger partial charge in [0.15, 0.2) is 0 Å². The first-order valence-electron chi connectivity index (χ1n) is 8.25. The third-order valence-corrected chi connectivity index (χ3v) is 4.18. The molecule has 0 aliphatic carbocycles. The minimum atomic E-state index is -0.406. The van der Waals surface area contributed by atoms with E-state index >= 15 is 0 Å². The van der Waals surface area contributed by atoms with Gasteiger partial charge in [0.25, 0.3) is 5.91 Å². The lowest BCUT2D eigenvalue weighted by Gasteiger charge is -2.34. The smallest absolute Gasteiger partial charge is 0.253 e. The highest BCUT2D eigenvalue weighted by atomic mass is 16.5. The van der Waals surface area contributed by atoms with Gasteiger partial charge in [0.2, 0.25) is 0 Å². The quantitative estimate of drug-likeness (QED) is 0.843. The normalized spacial score (nSPS) is 18.3. The summed E-state index contributed by atoms with van der Waals surface area (Å²) in [5.41, 5.74) is 2.14. The molecule has 2 heterocycles. The Morgan fingerprint density at radius 1 is 1.25 bits per heavy atom. The molecular formula is C19H23N3O2. The number of likely N-dealkylation sites (N-methyl/N-ethyl adjacent to an activating group) is 1. The minimum absolute atomic E-state index is 0.0124. The molecule has 24 heavy (non-hydrogen) atoms. The number of benzene rings is 1. The van der Waals surface area contributed by atoms with Gasteiger partial charge >= 0.3 is 0 Å². The van der Waals surface area contributed by atoms with Crippen molar-refractivity contribution in [2.75, 3.05) is 26.7 Å². The molecule has 0 N–H and O–H groups in total. The van der Waals surface area contributed by atoms with Crippen LogP contribution in [0.2, 0.25) is 0 Å². The molecule has 1 aliphatic rings. The van der Waals surface area contributed by atoms with E-state index in [1.165, 1.54) is 5.56 Å². The van der Waals surface area contributed by atoms with E-state index in [9.17, 15) is 4.79 Å². The summed E-state index contributed by atoms with van der Waals surface area (Å²) in [4.78, 5) is 20.9. The summed E-state index contributed by atoms with van der Waals surface area (Å²) in [6.45, 7) is 3.40. The Morgan fingerprint density at radius 3 is 2.79 bits per heavy atom. The van der Waals surface area contributed by atoms with Crippen molar-refractivity contribution >= 4 is 5.91 Å². The van der Waals surface area contributed by atoms with Crippen LogP contribution >= 0.6 is 0 Å². The van der Waals surface area contributed by atoms with Gasteiger partial charge in [-0.25, -0.2) is 0 Å². The van der Waals surface area contributed by atoms with Crippen LogP contribution in [0.25, 0.3) is 0 Å². The fraction of sp³-hybridized carbons (Fsp3) is 0.368. The SMILES string of the molecule is CN(Cc1ccccn1)C(=O)[C@@H]1CN(Cc2ccccc2)CCO1. The molecule has 1 atom stereocenters. The second kappa shape index (κ2) is 8.04. The highest BCUT2D eigenvalue weighted by Gasteiger charge is 2.29. The molecule has 1 fully saturated rings. The number of carbonyl (C=O) groups is 1. The van der Waals surface area contributed by atoms with Crippen molar-refractivity contribution in [1.29, 1.82) is 0 Å². The van der Waals surface area contributed by atoms with Gasteiger partial charge in [-0.2, -0.15) is 0 Å². The number of ether oxygens (including phenoxy) is 1. The highest BCUT2D eigenvalue weighted by molar-refractivity contribution is 5.81. The summed E-state index contributed by atoms with van der Waals surface area (Å²) >= 11 is 0. The maximum atomic E-state index is 12.6. The molecule has 1 saturated heterocycles. The lowest BCUT2D eigenvalue weighted by molar-refractivity contribution is -0.149. The number of hydrogen-bond acceptors (Lipinski definition) is 4. The summed E-state index contributed by atoms with van der Waals surface area (Å²) in [5, 5.41) is 0. The van der Waals surface area contributed by atoms with Gasteiger partial charge in [-0.05, 0) is 17.7 Å². The molecule has 2 aromatic rings. The van der Waals surface area contributed by atoms with Crippen molar-refractivity contribution in [3.63, 3.8) is 0 Å². The van der Waals surface area contributed by atoms with Gasteiger partial charge in [-0.15, -0.1) is 0 Å². The number of morpholine rings is 1. The molecule has 0 unspecified atom stereocenters. The van der Waals surface area contributed by atoms with Gasteiger partial charge in [0.05, 0.1) is 18.8 Å². The Balaban J connectivity index is 1.56. The van der Waals surface area contributed by atoms with Crippen LogP contribution in [0.15, 0.2) is 54.7 Å². The van der Waals surface area contributed by atoms with Gasteiger partial charge in [0, 0.05) is 32.9 Å². The zero-order chi connectivity index (χ0) is 16.8. The van der Waals surface area contributed by atoms with Crippen LogP contribution < -0.4 is 0 Å². The van der Waals surface area contributed by atoms with E-state index in [-0.39, 0.29) is 5.91 Å². The molecule has 126 valence electrons. The van der Waals surface area contributed by atoms with Crippen molar-refractivity contribution in [1.82, 2.24) is 14.8 Å². The van der Waals surface area contributed by atoms with Gasteiger partial charge < -0.3 is 9.64 Å². The molecule has 0 saturated carbocycles. The number of aromatic nitrogens is 1. The van der Waals surface area contributed by atoms with Gasteiger partial charge in [-0.1, -0.05) is 36.4 Å². The summed E-state index contributed by atoms with van der Waals surface area (Å²) in [5.74, 6) is 0.0124. The molecule has 5 heteroatoms. The van der Waals surface area contributed by atoms with Crippen LogP contribution in [0.1, 0.15) is 11.3 Å². The molecule has 0 spiro atoms. The van der Waals surface area contributed by atoms with E-state index in [4.69, 9.17) is 4.74 Å². The van der Waals surface area contributed by atoms with Crippen molar-refractivity contribution in [3.05, 3.63) is 66.0 Å². The number of hydrogen-bond donors (Lipinski definition) is 0. The first kappa shape index (κ1) is 16.6. The molecule has 1 aromatic carbocycles. The zero-order valence-corrected chi connectivity index (χ0v) is 14.0. The van der Waals surface area contributed by atoms with Crippen molar-refractivity contribution in [2.24, 2.45) is 0 Å². The number of nitrogens with zero attached hydrogens (tertiary/aromatic N) is 3. The Bertz CT molecular complexity index is 648. The Kier molecular flexibility index (Phi) is 5.56. The zero-order valence-electron chi connectivity index (χ0n) is 14.0. The van der Waals surface area contributed by atoms with E-state index in [1.54, 1.807) is 18.1 Å². The van der Waals surface area contributed by atoms with Crippen LogP contribution in [0, 0.1) is 0 Å². The lowest BCUT2D eigenvalue weighted by Crippen LogP contribution is -2.49. The van der Waals surface area contributed by atoms with Crippen LogP contribution in [0.3, 0.4) is 0 Å². The predicted octanol–water partition coefficient (Wildman–Crippen LogP) is 1.94. The highest BCUT2D eigenvalue weighted by Crippen LogP contribution is 2.13. The molecule has 3 rings (SSSR count). The fourth-order valence-corrected chi connectivity index (χ4v) is 2.90. The Morgan fingerprint density at radius 2 is 2.04 bits per heavy atom. The first-order chi connectivity index (χ1) is 11.7. The maximum absolute atomic E-state index is 12.6. The van der Waals surface area contributed by atoms with E-state index in [0.717, 1.165) is 18.8 Å². The third-order valence-electron chi connectivity index (χ3n) is 4.18. The number of rotatable bonds is 5. The van der Waals surface area contributed by atoms with Crippen LogP contribution in [0.4, 0.5) is 0 Å². The topological polar surface area (TPSA) is 45.7 Å². The standard InChI is InChI=1S/C19H23N3O2/c1-21(14-17-9-5-6-10-20-17)19(23)18-15-22(11-12-24-18)13-16-7-3-2-4-8-16/h2-10,18H,11-15H2,1H3/t18-/m0/s1. The van der Waals surface area contributed by atoms with Crippen molar-refractivity contribution < 1.29 is 9.53 Å². The van der Waals surface area contributed by atoms with E-state index in [0.29, 0.717) is 19.7 Å². The first-order valence-corrected chi connectivity index (χ1v) is 8.25. The monoisotopic (exact) mass is 325 g/mol. The lowest BCUT2D eigenvalue weighted by atomic mass is 10.1. The molecule has 1 aliphatic heterocycles.